The highest BCUT2D eigenvalue weighted by molar-refractivity contribution is 9.10. The Hall–Kier alpha value is -1.29. The van der Waals surface area contributed by atoms with Gasteiger partial charge in [0.15, 0.2) is 0 Å². The Kier molecular flexibility index (Phi) is 2.67. The van der Waals surface area contributed by atoms with Crippen molar-refractivity contribution in [3.63, 3.8) is 0 Å². The van der Waals surface area contributed by atoms with Gasteiger partial charge in [0.05, 0.1) is 0 Å². The molecule has 1 aliphatic rings. The zero-order valence-electron chi connectivity index (χ0n) is 9.65. The number of hydrogen-bond donors (Lipinski definition) is 1. The molecule has 0 radical (unpaired) electrons. The van der Waals surface area contributed by atoms with Crippen molar-refractivity contribution in [3.8, 4) is 5.69 Å². The maximum absolute atomic E-state index is 4.37. The molecule has 1 aliphatic carbocycles. The molecule has 17 heavy (non-hydrogen) atoms. The maximum atomic E-state index is 4.37. The molecule has 0 spiro atoms. The van der Waals surface area contributed by atoms with Crippen molar-refractivity contribution >= 4 is 21.9 Å². The molecule has 88 valence electrons. The first kappa shape index (κ1) is 10.8. The van der Waals surface area contributed by atoms with E-state index < -0.39 is 0 Å². The molecular weight excluding hydrogens is 278 g/mol. The quantitative estimate of drug-likeness (QED) is 0.938. The monoisotopic (exact) mass is 291 g/mol. The summed E-state index contributed by atoms with van der Waals surface area (Å²) in [5.74, 6) is 0.935. The summed E-state index contributed by atoms with van der Waals surface area (Å²) in [7, 11) is 0. The summed E-state index contributed by atoms with van der Waals surface area (Å²) in [6, 6.07) is 6.98. The second-order valence-corrected chi connectivity index (χ2v) is 5.44. The molecule has 1 N–H and O–H groups in total. The number of rotatable bonds is 3. The third-order valence-corrected chi connectivity index (χ3v) is 3.31. The Morgan fingerprint density at radius 1 is 1.35 bits per heavy atom. The summed E-state index contributed by atoms with van der Waals surface area (Å²) in [5.41, 5.74) is 2.37. The second kappa shape index (κ2) is 4.18. The van der Waals surface area contributed by atoms with Crippen LogP contribution >= 0.6 is 15.9 Å². The van der Waals surface area contributed by atoms with E-state index in [9.17, 15) is 0 Å². The molecule has 1 saturated carbocycles. The van der Waals surface area contributed by atoms with Crippen LogP contribution in [0.25, 0.3) is 5.69 Å². The van der Waals surface area contributed by atoms with Gasteiger partial charge in [0.1, 0.15) is 0 Å². The zero-order valence-corrected chi connectivity index (χ0v) is 11.2. The van der Waals surface area contributed by atoms with E-state index in [2.05, 4.69) is 55.9 Å². The number of halogens is 1. The van der Waals surface area contributed by atoms with Gasteiger partial charge in [0, 0.05) is 28.6 Å². The summed E-state index contributed by atoms with van der Waals surface area (Å²) in [5, 5.41) is 3.44. The van der Waals surface area contributed by atoms with Crippen LogP contribution in [0.15, 0.2) is 35.1 Å². The first-order chi connectivity index (χ1) is 8.22. The van der Waals surface area contributed by atoms with Crippen molar-refractivity contribution in [3.05, 3.63) is 40.6 Å². The Morgan fingerprint density at radius 3 is 2.88 bits per heavy atom. The van der Waals surface area contributed by atoms with E-state index in [-0.39, 0.29) is 0 Å². The number of imidazole rings is 1. The van der Waals surface area contributed by atoms with Crippen LogP contribution in [-0.4, -0.2) is 15.6 Å². The molecule has 1 fully saturated rings. The molecule has 1 heterocycles. The van der Waals surface area contributed by atoms with Gasteiger partial charge in [0.25, 0.3) is 0 Å². The van der Waals surface area contributed by atoms with Crippen LogP contribution in [0.2, 0.25) is 0 Å². The van der Waals surface area contributed by atoms with Gasteiger partial charge < -0.3 is 5.32 Å². The number of anilines is 1. The molecule has 0 bridgehead atoms. The first-order valence-corrected chi connectivity index (χ1v) is 6.59. The first-order valence-electron chi connectivity index (χ1n) is 5.80. The highest BCUT2D eigenvalue weighted by Crippen LogP contribution is 2.26. The van der Waals surface area contributed by atoms with Crippen LogP contribution < -0.4 is 5.32 Å². The molecule has 0 saturated heterocycles. The van der Waals surface area contributed by atoms with Crippen molar-refractivity contribution in [2.45, 2.75) is 25.8 Å². The number of aromatic nitrogens is 2. The van der Waals surface area contributed by atoms with Crippen LogP contribution in [0.4, 0.5) is 5.95 Å². The smallest absolute Gasteiger partial charge is 0.207 e. The fourth-order valence-electron chi connectivity index (χ4n) is 1.88. The lowest BCUT2D eigenvalue weighted by Gasteiger charge is -2.10. The summed E-state index contributed by atoms with van der Waals surface area (Å²) in [6.07, 6.45) is 6.33. The van der Waals surface area contributed by atoms with Gasteiger partial charge >= 0.3 is 0 Å². The SMILES string of the molecule is Cc1cc(Br)cc(-n2ccnc2NC2CC2)c1. The molecule has 1 aromatic carbocycles. The lowest BCUT2D eigenvalue weighted by molar-refractivity contribution is 1.000. The summed E-state index contributed by atoms with van der Waals surface area (Å²) in [6.45, 7) is 2.10. The summed E-state index contributed by atoms with van der Waals surface area (Å²) < 4.78 is 3.19. The Bertz CT molecular complexity index is 523. The van der Waals surface area contributed by atoms with Crippen LogP contribution in [0.3, 0.4) is 0 Å². The minimum atomic E-state index is 0.615. The third kappa shape index (κ3) is 2.36. The van der Waals surface area contributed by atoms with E-state index in [0.29, 0.717) is 6.04 Å². The van der Waals surface area contributed by atoms with E-state index in [1.165, 1.54) is 18.4 Å². The van der Waals surface area contributed by atoms with Gasteiger partial charge in [-0.1, -0.05) is 15.9 Å². The average Bonchev–Trinajstić information content (AvgIpc) is 2.93. The van der Waals surface area contributed by atoms with E-state index in [4.69, 9.17) is 0 Å². The topological polar surface area (TPSA) is 29.9 Å². The van der Waals surface area contributed by atoms with Crippen LogP contribution in [-0.2, 0) is 0 Å². The number of aryl methyl sites for hydroxylation is 1. The molecule has 3 nitrogen and oxygen atoms in total. The molecular formula is C13H14BrN3. The Balaban J connectivity index is 1.98. The predicted octanol–water partition coefficient (Wildman–Crippen LogP) is 3.52. The van der Waals surface area contributed by atoms with Gasteiger partial charge in [-0.3, -0.25) is 4.57 Å². The minimum absolute atomic E-state index is 0.615. The Labute approximate surface area is 109 Å². The third-order valence-electron chi connectivity index (χ3n) is 2.86. The number of hydrogen-bond acceptors (Lipinski definition) is 2. The standard InChI is InChI=1S/C13H14BrN3/c1-9-6-10(14)8-12(7-9)17-5-4-15-13(17)16-11-2-3-11/h4-8,11H,2-3H2,1H3,(H,15,16). The van der Waals surface area contributed by atoms with Gasteiger partial charge in [-0.05, 0) is 43.5 Å². The minimum Gasteiger partial charge on any atom is -0.353 e. The van der Waals surface area contributed by atoms with Crippen molar-refractivity contribution in [2.24, 2.45) is 0 Å². The van der Waals surface area contributed by atoms with E-state index in [0.717, 1.165) is 16.1 Å². The van der Waals surface area contributed by atoms with Crippen molar-refractivity contribution < 1.29 is 0 Å². The number of nitrogens with zero attached hydrogens (tertiary/aromatic N) is 2. The van der Waals surface area contributed by atoms with Gasteiger partial charge in [-0.25, -0.2) is 4.98 Å². The normalized spacial score (nSPS) is 14.9. The highest BCUT2D eigenvalue weighted by atomic mass is 79.9. The van der Waals surface area contributed by atoms with Crippen LogP contribution in [0, 0.1) is 6.92 Å². The van der Waals surface area contributed by atoms with Gasteiger partial charge in [-0.15, -0.1) is 0 Å². The maximum Gasteiger partial charge on any atom is 0.207 e. The molecule has 3 rings (SSSR count). The predicted molar refractivity (Wildman–Crippen MR) is 72.6 cm³/mol. The van der Waals surface area contributed by atoms with Crippen LogP contribution in [0.1, 0.15) is 18.4 Å². The largest absolute Gasteiger partial charge is 0.353 e. The zero-order chi connectivity index (χ0) is 11.8. The fourth-order valence-corrected chi connectivity index (χ4v) is 2.48. The highest BCUT2D eigenvalue weighted by Gasteiger charge is 2.22. The average molecular weight is 292 g/mol. The summed E-state index contributed by atoms with van der Waals surface area (Å²) in [4.78, 5) is 4.37. The Morgan fingerprint density at radius 2 is 2.18 bits per heavy atom. The molecule has 0 atom stereocenters. The lowest BCUT2D eigenvalue weighted by Crippen LogP contribution is -2.07. The van der Waals surface area contributed by atoms with Crippen molar-refractivity contribution in [2.75, 3.05) is 5.32 Å². The van der Waals surface area contributed by atoms with Crippen molar-refractivity contribution in [1.82, 2.24) is 9.55 Å². The van der Waals surface area contributed by atoms with Gasteiger partial charge in [-0.2, -0.15) is 0 Å². The van der Waals surface area contributed by atoms with Crippen LogP contribution in [0.5, 0.6) is 0 Å². The molecule has 1 aromatic heterocycles. The van der Waals surface area contributed by atoms with Gasteiger partial charge in [0.2, 0.25) is 5.95 Å². The number of nitrogens with one attached hydrogen (secondary N) is 1. The lowest BCUT2D eigenvalue weighted by atomic mass is 10.2. The molecule has 2 aromatic rings. The number of benzene rings is 1. The van der Waals surface area contributed by atoms with E-state index in [1.807, 2.05) is 12.4 Å². The molecule has 0 amide bonds. The van der Waals surface area contributed by atoms with Crippen molar-refractivity contribution in [1.29, 1.82) is 0 Å². The fraction of sp³-hybridized carbons (Fsp3) is 0.308. The summed E-state index contributed by atoms with van der Waals surface area (Å²) >= 11 is 3.53. The molecule has 0 aliphatic heterocycles. The second-order valence-electron chi connectivity index (χ2n) is 4.53. The van der Waals surface area contributed by atoms with E-state index >= 15 is 0 Å². The molecule has 0 unspecified atom stereocenters. The molecule has 4 heteroatoms. The van der Waals surface area contributed by atoms with E-state index in [1.54, 1.807) is 0 Å².